The molecular weight excluding hydrogens is 357 g/mol. The van der Waals surface area contributed by atoms with Crippen LogP contribution in [-0.2, 0) is 19.4 Å². The minimum absolute atomic E-state index is 0.0258. The highest BCUT2D eigenvalue weighted by atomic mass is 19.1. The zero-order valence-electron chi connectivity index (χ0n) is 15.6. The van der Waals surface area contributed by atoms with Crippen molar-refractivity contribution in [3.63, 3.8) is 0 Å². The molecule has 2 aliphatic rings. The van der Waals surface area contributed by atoms with Crippen molar-refractivity contribution in [3.8, 4) is 0 Å². The van der Waals surface area contributed by atoms with E-state index in [-0.39, 0.29) is 17.4 Å². The highest BCUT2D eigenvalue weighted by Crippen LogP contribution is 2.30. The van der Waals surface area contributed by atoms with Crippen molar-refractivity contribution in [2.45, 2.75) is 51.1 Å². The van der Waals surface area contributed by atoms with Gasteiger partial charge in [-0.3, -0.25) is 4.79 Å². The molecule has 1 aliphatic heterocycles. The van der Waals surface area contributed by atoms with Crippen LogP contribution < -0.4 is 10.5 Å². The quantitative estimate of drug-likeness (QED) is 0.700. The minimum atomic E-state index is -0.306. The van der Waals surface area contributed by atoms with Crippen LogP contribution in [0.25, 0.3) is 10.9 Å². The lowest BCUT2D eigenvalue weighted by atomic mass is 9.97. The fourth-order valence-electron chi connectivity index (χ4n) is 4.48. The van der Waals surface area contributed by atoms with Gasteiger partial charge in [-0.05, 0) is 56.2 Å². The summed E-state index contributed by atoms with van der Waals surface area (Å²) in [6, 6.07) is 6.51. The van der Waals surface area contributed by atoms with Crippen LogP contribution in [0.3, 0.4) is 0 Å². The van der Waals surface area contributed by atoms with Crippen molar-refractivity contribution in [1.82, 2.24) is 19.7 Å². The maximum atomic E-state index is 13.6. The number of fused-ring (bicyclic) bond motifs is 2. The van der Waals surface area contributed by atoms with Gasteiger partial charge in [0.15, 0.2) is 0 Å². The molecule has 144 valence electrons. The Bertz CT molecular complexity index is 1100. The summed E-state index contributed by atoms with van der Waals surface area (Å²) in [6.07, 6.45) is 7.65. The van der Waals surface area contributed by atoms with Gasteiger partial charge in [-0.25, -0.2) is 19.0 Å². The zero-order valence-corrected chi connectivity index (χ0v) is 15.6. The van der Waals surface area contributed by atoms with Crippen molar-refractivity contribution in [1.29, 1.82) is 0 Å². The molecule has 1 fully saturated rings. The van der Waals surface area contributed by atoms with E-state index in [0.29, 0.717) is 12.1 Å². The topological polar surface area (TPSA) is 63.9 Å². The first-order chi connectivity index (χ1) is 13.7. The van der Waals surface area contributed by atoms with Gasteiger partial charge in [-0.15, -0.1) is 0 Å². The normalized spacial score (nSPS) is 19.2. The average Bonchev–Trinajstić information content (AvgIpc) is 3.16. The first-order valence-electron chi connectivity index (χ1n) is 9.96. The smallest absolute Gasteiger partial charge is 0.267 e. The van der Waals surface area contributed by atoms with E-state index in [1.807, 2.05) is 0 Å². The predicted octanol–water partition coefficient (Wildman–Crippen LogP) is 2.87. The molecule has 28 heavy (non-hydrogen) atoms. The van der Waals surface area contributed by atoms with Crippen LogP contribution in [0.4, 0.5) is 10.2 Å². The molecule has 1 atom stereocenters. The molecule has 0 amide bonds. The monoisotopic (exact) mass is 379 g/mol. The Kier molecular flexibility index (Phi) is 4.30. The van der Waals surface area contributed by atoms with E-state index in [1.54, 1.807) is 16.8 Å². The van der Waals surface area contributed by atoms with Crippen molar-refractivity contribution < 1.29 is 4.39 Å². The molecule has 0 saturated carbocycles. The van der Waals surface area contributed by atoms with Gasteiger partial charge in [-0.2, -0.15) is 5.10 Å². The van der Waals surface area contributed by atoms with E-state index in [2.05, 4.69) is 20.0 Å². The van der Waals surface area contributed by atoms with E-state index in [1.165, 1.54) is 18.5 Å². The number of hydrogen-bond donors (Lipinski definition) is 0. The van der Waals surface area contributed by atoms with E-state index in [0.717, 1.165) is 67.5 Å². The zero-order chi connectivity index (χ0) is 19.1. The number of rotatable bonds is 3. The van der Waals surface area contributed by atoms with E-state index in [9.17, 15) is 9.18 Å². The van der Waals surface area contributed by atoms with Crippen LogP contribution in [-0.4, -0.2) is 32.3 Å². The standard InChI is InChI=1S/C21H22FN5O/c22-15-7-8-17-19(11-15)23-13-24-21(17)26-9-3-5-16(26)12-27-20(28)10-14-4-1-2-6-18(14)25-27/h7-8,10-11,13,16H,1-6,9,12H2. The summed E-state index contributed by atoms with van der Waals surface area (Å²) >= 11 is 0. The molecule has 1 aromatic carbocycles. The van der Waals surface area contributed by atoms with Gasteiger partial charge >= 0.3 is 0 Å². The Labute approximate surface area is 162 Å². The van der Waals surface area contributed by atoms with Crippen LogP contribution in [0, 0.1) is 5.82 Å². The third-order valence-corrected chi connectivity index (χ3v) is 5.88. The lowest BCUT2D eigenvalue weighted by Crippen LogP contribution is -2.38. The van der Waals surface area contributed by atoms with Crippen LogP contribution in [0.2, 0.25) is 0 Å². The molecular formula is C21H22FN5O. The summed E-state index contributed by atoms with van der Waals surface area (Å²) in [7, 11) is 0. The summed E-state index contributed by atoms with van der Waals surface area (Å²) in [5.74, 6) is 0.499. The maximum Gasteiger partial charge on any atom is 0.267 e. The molecule has 5 rings (SSSR count). The van der Waals surface area contributed by atoms with Gasteiger partial charge in [0.05, 0.1) is 23.8 Å². The second kappa shape index (κ2) is 6.96. The lowest BCUT2D eigenvalue weighted by Gasteiger charge is -2.27. The van der Waals surface area contributed by atoms with Crippen LogP contribution in [0.1, 0.15) is 36.9 Å². The number of nitrogens with zero attached hydrogens (tertiary/aromatic N) is 5. The first kappa shape index (κ1) is 17.3. The SMILES string of the molecule is O=c1cc2c(nn1CC1CCCN1c1ncnc3cc(F)ccc13)CCCC2. The molecule has 1 saturated heterocycles. The summed E-state index contributed by atoms with van der Waals surface area (Å²) in [4.78, 5) is 23.5. The Morgan fingerprint density at radius 2 is 2.00 bits per heavy atom. The van der Waals surface area contributed by atoms with Gasteiger partial charge in [0.25, 0.3) is 5.56 Å². The van der Waals surface area contributed by atoms with E-state index < -0.39 is 0 Å². The Morgan fingerprint density at radius 3 is 2.93 bits per heavy atom. The molecule has 3 heterocycles. The second-order valence-corrected chi connectivity index (χ2v) is 7.69. The number of hydrogen-bond acceptors (Lipinski definition) is 5. The Balaban J connectivity index is 1.48. The van der Waals surface area contributed by atoms with Gasteiger partial charge in [0, 0.05) is 24.1 Å². The number of benzene rings is 1. The number of aromatic nitrogens is 4. The van der Waals surface area contributed by atoms with Crippen LogP contribution in [0.5, 0.6) is 0 Å². The van der Waals surface area contributed by atoms with Gasteiger partial charge in [0.1, 0.15) is 18.0 Å². The lowest BCUT2D eigenvalue weighted by molar-refractivity contribution is 0.472. The Morgan fingerprint density at radius 1 is 1.11 bits per heavy atom. The third kappa shape index (κ3) is 3.04. The Hall–Kier alpha value is -2.83. The number of anilines is 1. The fraction of sp³-hybridized carbons (Fsp3) is 0.429. The summed E-state index contributed by atoms with van der Waals surface area (Å²) in [5.41, 5.74) is 2.75. The van der Waals surface area contributed by atoms with Crippen LogP contribution >= 0.6 is 0 Å². The van der Waals surface area contributed by atoms with Gasteiger partial charge in [-0.1, -0.05) is 0 Å². The largest absolute Gasteiger partial charge is 0.351 e. The molecule has 1 unspecified atom stereocenters. The molecule has 6 nitrogen and oxygen atoms in total. The van der Waals surface area contributed by atoms with Crippen molar-refractivity contribution in [2.24, 2.45) is 0 Å². The first-order valence-corrected chi connectivity index (χ1v) is 9.96. The minimum Gasteiger partial charge on any atom is -0.351 e. The summed E-state index contributed by atoms with van der Waals surface area (Å²) in [6.45, 7) is 1.40. The molecule has 2 aromatic heterocycles. The molecule has 7 heteroatoms. The highest BCUT2D eigenvalue weighted by molar-refractivity contribution is 5.89. The van der Waals surface area contributed by atoms with E-state index in [4.69, 9.17) is 0 Å². The molecule has 0 bridgehead atoms. The molecule has 0 radical (unpaired) electrons. The molecule has 0 N–H and O–H groups in total. The van der Waals surface area contributed by atoms with Crippen LogP contribution in [0.15, 0.2) is 35.4 Å². The van der Waals surface area contributed by atoms with Crippen molar-refractivity contribution in [2.75, 3.05) is 11.4 Å². The number of halogens is 1. The summed E-state index contributed by atoms with van der Waals surface area (Å²) in [5, 5.41) is 5.51. The third-order valence-electron chi connectivity index (χ3n) is 5.88. The van der Waals surface area contributed by atoms with Gasteiger partial charge < -0.3 is 4.90 Å². The molecule has 0 spiro atoms. The number of aryl methyl sites for hydroxylation is 2. The van der Waals surface area contributed by atoms with Crippen molar-refractivity contribution >= 4 is 16.7 Å². The maximum absolute atomic E-state index is 13.6. The fourth-order valence-corrected chi connectivity index (χ4v) is 4.48. The predicted molar refractivity (Wildman–Crippen MR) is 105 cm³/mol. The second-order valence-electron chi connectivity index (χ2n) is 7.69. The molecule has 3 aromatic rings. The highest BCUT2D eigenvalue weighted by Gasteiger charge is 2.28. The summed E-state index contributed by atoms with van der Waals surface area (Å²) < 4.78 is 15.2. The van der Waals surface area contributed by atoms with Gasteiger partial charge in [0.2, 0.25) is 0 Å². The van der Waals surface area contributed by atoms with Crippen molar-refractivity contribution in [3.05, 3.63) is 58.0 Å². The average molecular weight is 379 g/mol. The van der Waals surface area contributed by atoms with E-state index >= 15 is 0 Å². The molecule has 1 aliphatic carbocycles.